The molecule has 1 aromatic carbocycles. The average molecular weight is 349 g/mol. The van der Waals surface area contributed by atoms with E-state index < -0.39 is 14.3 Å². The highest BCUT2D eigenvalue weighted by Gasteiger charge is 2.24. The molecule has 1 amide bonds. The molecule has 1 N–H and O–H groups in total. The molecule has 0 aliphatic carbocycles. The van der Waals surface area contributed by atoms with E-state index in [-0.39, 0.29) is 10.8 Å². The van der Waals surface area contributed by atoms with Crippen molar-refractivity contribution in [3.8, 4) is 0 Å². The van der Waals surface area contributed by atoms with Gasteiger partial charge in [0, 0.05) is 19.8 Å². The summed E-state index contributed by atoms with van der Waals surface area (Å²) in [5.74, 6) is -0.244. The summed E-state index contributed by atoms with van der Waals surface area (Å²) in [4.78, 5) is 12.0. The molecule has 0 atom stereocenters. The molecule has 106 valence electrons. The maximum absolute atomic E-state index is 12.0. The number of amides is 1. The molecule has 0 aliphatic rings. The lowest BCUT2D eigenvalue weighted by molar-refractivity contribution is -0.117. The van der Waals surface area contributed by atoms with Crippen LogP contribution in [0.15, 0.2) is 29.2 Å². The molecule has 5 nitrogen and oxygen atoms in total. The zero-order chi connectivity index (χ0) is 14.8. The second-order valence-corrected chi connectivity index (χ2v) is 8.88. The lowest BCUT2D eigenvalue weighted by atomic mass is 10.2. The highest BCUT2D eigenvalue weighted by Crippen LogP contribution is 2.21. The summed E-state index contributed by atoms with van der Waals surface area (Å²) in [7, 11) is -0.579. The number of hydrogen-bond acceptors (Lipinski definition) is 3. The summed E-state index contributed by atoms with van der Waals surface area (Å²) < 4.78 is 24.4. The SMILES string of the molecule is CN(C)S(=O)(=O)c1cccc(NC(=O)C(C)(C)Br)c1. The molecule has 0 spiro atoms. The molecule has 19 heavy (non-hydrogen) atoms. The van der Waals surface area contributed by atoms with Crippen LogP contribution in [0.4, 0.5) is 5.69 Å². The molecule has 7 heteroatoms. The summed E-state index contributed by atoms with van der Waals surface area (Å²) in [6.07, 6.45) is 0. The molecule has 0 heterocycles. The summed E-state index contributed by atoms with van der Waals surface area (Å²) in [5, 5.41) is 2.66. The minimum Gasteiger partial charge on any atom is -0.325 e. The highest BCUT2D eigenvalue weighted by molar-refractivity contribution is 9.10. The van der Waals surface area contributed by atoms with Gasteiger partial charge in [-0.1, -0.05) is 22.0 Å². The van der Waals surface area contributed by atoms with Crippen molar-refractivity contribution in [1.82, 2.24) is 4.31 Å². The summed E-state index contributed by atoms with van der Waals surface area (Å²) >= 11 is 3.24. The normalized spacial score (nSPS) is 12.5. The lowest BCUT2D eigenvalue weighted by Gasteiger charge is -2.17. The van der Waals surface area contributed by atoms with Crippen molar-refractivity contribution in [2.45, 2.75) is 23.1 Å². The van der Waals surface area contributed by atoms with Crippen molar-refractivity contribution in [2.75, 3.05) is 19.4 Å². The molecule has 0 unspecified atom stereocenters. The Balaban J connectivity index is 3.06. The first-order valence-corrected chi connectivity index (χ1v) is 7.81. The summed E-state index contributed by atoms with van der Waals surface area (Å²) in [5.41, 5.74) is 0.445. The van der Waals surface area contributed by atoms with Crippen LogP contribution in [0.5, 0.6) is 0 Å². The van der Waals surface area contributed by atoms with Crippen LogP contribution in [0.1, 0.15) is 13.8 Å². The van der Waals surface area contributed by atoms with Gasteiger partial charge in [0.15, 0.2) is 0 Å². The minimum atomic E-state index is -3.50. The van der Waals surface area contributed by atoms with Crippen molar-refractivity contribution < 1.29 is 13.2 Å². The van der Waals surface area contributed by atoms with Gasteiger partial charge < -0.3 is 5.32 Å². The first kappa shape index (κ1) is 16.1. The van der Waals surface area contributed by atoms with E-state index in [2.05, 4.69) is 21.2 Å². The molecule has 0 aliphatic heterocycles. The lowest BCUT2D eigenvalue weighted by Crippen LogP contribution is -2.31. The van der Waals surface area contributed by atoms with E-state index >= 15 is 0 Å². The zero-order valence-electron chi connectivity index (χ0n) is 11.3. The van der Waals surface area contributed by atoms with Crippen LogP contribution in [-0.4, -0.2) is 37.0 Å². The smallest absolute Gasteiger partial charge is 0.242 e. The first-order valence-electron chi connectivity index (χ1n) is 5.58. The number of anilines is 1. The first-order chi connectivity index (χ1) is 8.55. The van der Waals surface area contributed by atoms with Gasteiger partial charge in [-0.15, -0.1) is 0 Å². The maximum atomic E-state index is 12.0. The Morgan fingerprint density at radius 2 is 1.89 bits per heavy atom. The van der Waals surface area contributed by atoms with Gasteiger partial charge in [0.25, 0.3) is 0 Å². The van der Waals surface area contributed by atoms with Crippen LogP contribution in [0, 0.1) is 0 Å². The fraction of sp³-hybridized carbons (Fsp3) is 0.417. The molecule has 1 aromatic rings. The van der Waals surface area contributed by atoms with Crippen LogP contribution in [0.2, 0.25) is 0 Å². The molecular weight excluding hydrogens is 332 g/mol. The fourth-order valence-corrected chi connectivity index (χ4v) is 2.27. The molecule has 0 saturated carbocycles. The Morgan fingerprint density at radius 3 is 2.37 bits per heavy atom. The van der Waals surface area contributed by atoms with Crippen molar-refractivity contribution in [3.63, 3.8) is 0 Å². The number of alkyl halides is 1. The molecule has 0 bridgehead atoms. The second-order valence-electron chi connectivity index (χ2n) is 4.74. The van der Waals surface area contributed by atoms with Gasteiger partial charge in [-0.25, -0.2) is 12.7 Å². The number of benzene rings is 1. The van der Waals surface area contributed by atoms with Gasteiger partial charge in [-0.05, 0) is 32.0 Å². The third-order valence-electron chi connectivity index (χ3n) is 2.41. The van der Waals surface area contributed by atoms with Crippen LogP contribution < -0.4 is 5.32 Å². The van der Waals surface area contributed by atoms with Crippen LogP contribution in [0.3, 0.4) is 0 Å². The monoisotopic (exact) mass is 348 g/mol. The van der Waals surface area contributed by atoms with E-state index in [1.165, 1.54) is 26.2 Å². The van der Waals surface area contributed by atoms with Crippen molar-refractivity contribution in [1.29, 1.82) is 0 Å². The zero-order valence-corrected chi connectivity index (χ0v) is 13.7. The van der Waals surface area contributed by atoms with Gasteiger partial charge in [0.1, 0.15) is 0 Å². The fourth-order valence-electron chi connectivity index (χ4n) is 1.22. The maximum Gasteiger partial charge on any atom is 0.242 e. The summed E-state index contributed by atoms with van der Waals surface area (Å²) in [6.45, 7) is 3.42. The van der Waals surface area contributed by atoms with E-state index in [0.29, 0.717) is 5.69 Å². The highest BCUT2D eigenvalue weighted by atomic mass is 79.9. The third-order valence-corrected chi connectivity index (χ3v) is 4.58. The topological polar surface area (TPSA) is 66.5 Å². The van der Waals surface area contributed by atoms with E-state index in [1.807, 2.05) is 0 Å². The standard InChI is InChI=1S/C12H17BrN2O3S/c1-12(2,13)11(16)14-9-6-5-7-10(8-9)19(17,18)15(3)4/h5-8H,1-4H3,(H,14,16). The van der Waals surface area contributed by atoms with Crippen LogP contribution in [-0.2, 0) is 14.8 Å². The van der Waals surface area contributed by atoms with Crippen LogP contribution in [0.25, 0.3) is 0 Å². The van der Waals surface area contributed by atoms with E-state index in [4.69, 9.17) is 0 Å². The van der Waals surface area contributed by atoms with Gasteiger partial charge in [0.05, 0.1) is 9.22 Å². The van der Waals surface area contributed by atoms with Gasteiger partial charge in [0.2, 0.25) is 15.9 Å². The molecular formula is C12H17BrN2O3S. The Hall–Kier alpha value is -0.920. The molecule has 0 fully saturated rings. The summed E-state index contributed by atoms with van der Waals surface area (Å²) in [6, 6.07) is 6.16. The Bertz CT molecular complexity index is 577. The minimum absolute atomic E-state index is 0.141. The number of halogens is 1. The largest absolute Gasteiger partial charge is 0.325 e. The molecule has 0 saturated heterocycles. The Morgan fingerprint density at radius 1 is 1.32 bits per heavy atom. The number of rotatable bonds is 4. The van der Waals surface area contributed by atoms with E-state index in [9.17, 15) is 13.2 Å². The number of hydrogen-bond donors (Lipinski definition) is 1. The van der Waals surface area contributed by atoms with Crippen molar-refractivity contribution in [3.05, 3.63) is 24.3 Å². The predicted octanol–water partition coefficient (Wildman–Crippen LogP) is 2.05. The second kappa shape index (κ2) is 5.60. The molecule has 0 aromatic heterocycles. The van der Waals surface area contributed by atoms with Gasteiger partial charge in [-0.3, -0.25) is 4.79 Å². The number of nitrogens with zero attached hydrogens (tertiary/aromatic N) is 1. The molecule has 0 radical (unpaired) electrons. The Labute approximate surface area is 122 Å². The van der Waals surface area contributed by atoms with Crippen molar-refractivity contribution >= 4 is 37.5 Å². The number of carbonyl (C=O) groups excluding carboxylic acids is 1. The van der Waals surface area contributed by atoms with E-state index in [0.717, 1.165) is 4.31 Å². The quantitative estimate of drug-likeness (QED) is 0.846. The predicted molar refractivity (Wildman–Crippen MR) is 79.0 cm³/mol. The van der Waals surface area contributed by atoms with Crippen LogP contribution >= 0.6 is 15.9 Å². The third kappa shape index (κ3) is 4.02. The Kier molecular flexibility index (Phi) is 4.76. The number of sulfonamides is 1. The number of nitrogens with one attached hydrogen (secondary N) is 1. The van der Waals surface area contributed by atoms with Gasteiger partial charge in [-0.2, -0.15) is 0 Å². The average Bonchev–Trinajstić information content (AvgIpc) is 2.27. The van der Waals surface area contributed by atoms with E-state index in [1.54, 1.807) is 26.0 Å². The molecule has 1 rings (SSSR count). The van der Waals surface area contributed by atoms with Crippen molar-refractivity contribution in [2.24, 2.45) is 0 Å². The number of carbonyl (C=O) groups is 1. The van der Waals surface area contributed by atoms with Gasteiger partial charge >= 0.3 is 0 Å².